The first-order valence-electron chi connectivity index (χ1n) is 16.9. The zero-order valence-electron chi connectivity index (χ0n) is 30.3. The molecule has 1 aromatic heterocycles. The average molecular weight is 729 g/mol. The number of aliphatic hydroxyl groups excluding tert-OH is 1. The summed E-state index contributed by atoms with van der Waals surface area (Å²) in [4.78, 5) is 52.7. The molecule has 14 heteroatoms. The highest BCUT2D eigenvalue weighted by Crippen LogP contribution is 2.41. The molecule has 1 heterocycles. The van der Waals surface area contributed by atoms with Crippen molar-refractivity contribution >= 4 is 32.0 Å². The third-order valence-corrected chi connectivity index (χ3v) is 10.0. The predicted molar refractivity (Wildman–Crippen MR) is 193 cm³/mol. The second kappa shape index (κ2) is 17.6. The van der Waals surface area contributed by atoms with Gasteiger partial charge in [0.15, 0.2) is 0 Å². The number of nitrogens with one attached hydrogen (secondary N) is 2. The number of amides is 3. The van der Waals surface area contributed by atoms with Gasteiger partial charge >= 0.3 is 12.1 Å². The molecule has 3 aromatic rings. The standard InChI is InChI=1S/C37H50F2N4O7Si/c1-24(35(47)48)40-34(46)30(41-36(49)50-17-18-51(5,6)7)15-16-43(32(45)23-44)33(37(2,3)4)31-19-26(28-20-27(38)13-14-29(28)39)22-42(31)21-25-11-9-8-10-12-25/h8-14,19-20,22,24,30,33,44H,15-18,21,23H2,1-7H3,(H,40,46)(H,41,49)(H,47,48)/t24-,30+,33+/m1/s1. The fourth-order valence-electron chi connectivity index (χ4n) is 5.65. The van der Waals surface area contributed by atoms with Crippen LogP contribution in [-0.4, -0.2) is 83.5 Å². The quantitative estimate of drug-likeness (QED) is 0.136. The maximum absolute atomic E-state index is 15.1. The van der Waals surface area contributed by atoms with Gasteiger partial charge in [-0.25, -0.2) is 13.6 Å². The molecule has 0 radical (unpaired) electrons. The van der Waals surface area contributed by atoms with E-state index in [1.807, 2.05) is 55.7 Å². The van der Waals surface area contributed by atoms with Gasteiger partial charge < -0.3 is 35.1 Å². The number of hydrogen-bond acceptors (Lipinski definition) is 6. The van der Waals surface area contributed by atoms with Crippen molar-refractivity contribution in [2.45, 2.75) is 84.5 Å². The summed E-state index contributed by atoms with van der Waals surface area (Å²) >= 11 is 0. The molecule has 0 unspecified atom stereocenters. The fourth-order valence-corrected chi connectivity index (χ4v) is 6.36. The molecule has 0 spiro atoms. The molecule has 11 nitrogen and oxygen atoms in total. The van der Waals surface area contributed by atoms with E-state index >= 15 is 4.39 Å². The van der Waals surface area contributed by atoms with Gasteiger partial charge in [0.05, 0.1) is 12.6 Å². The fraction of sp³-hybridized carbons (Fsp3) is 0.459. The molecule has 3 atom stereocenters. The number of aromatic nitrogens is 1. The van der Waals surface area contributed by atoms with Crippen LogP contribution in [0.15, 0.2) is 60.8 Å². The Balaban J connectivity index is 2.07. The van der Waals surface area contributed by atoms with Crippen LogP contribution in [0.25, 0.3) is 11.1 Å². The lowest BCUT2D eigenvalue weighted by atomic mass is 9.82. The lowest BCUT2D eigenvalue weighted by molar-refractivity contribution is -0.141. The first-order valence-corrected chi connectivity index (χ1v) is 20.6. The number of carbonyl (C=O) groups is 4. The Hall–Kier alpha value is -4.56. The Morgan fingerprint density at radius 3 is 2.25 bits per heavy atom. The van der Waals surface area contributed by atoms with Crippen LogP contribution < -0.4 is 10.6 Å². The maximum atomic E-state index is 15.1. The number of carboxylic acids is 1. The Morgan fingerprint density at radius 2 is 1.67 bits per heavy atom. The highest BCUT2D eigenvalue weighted by molar-refractivity contribution is 6.76. The van der Waals surface area contributed by atoms with Crippen LogP contribution in [0.5, 0.6) is 0 Å². The van der Waals surface area contributed by atoms with Crippen molar-refractivity contribution in [3.8, 4) is 11.1 Å². The smallest absolute Gasteiger partial charge is 0.407 e. The minimum atomic E-state index is -1.54. The number of aliphatic hydroxyl groups is 1. The summed E-state index contributed by atoms with van der Waals surface area (Å²) in [6, 6.07) is 11.6. The summed E-state index contributed by atoms with van der Waals surface area (Å²) in [7, 11) is -1.54. The van der Waals surface area contributed by atoms with Gasteiger partial charge in [-0.2, -0.15) is 0 Å². The van der Waals surface area contributed by atoms with E-state index in [0.29, 0.717) is 23.8 Å². The molecular formula is C37H50F2N4O7Si. The first-order chi connectivity index (χ1) is 23.8. The van der Waals surface area contributed by atoms with Crippen LogP contribution in [0.2, 0.25) is 25.7 Å². The average Bonchev–Trinajstić information content (AvgIpc) is 3.44. The van der Waals surface area contributed by atoms with E-state index < -0.39 is 73.7 Å². The number of rotatable bonds is 16. The number of halogens is 2. The van der Waals surface area contributed by atoms with Crippen molar-refractivity contribution in [3.05, 3.63) is 83.7 Å². The monoisotopic (exact) mass is 728 g/mol. The number of carbonyl (C=O) groups excluding carboxylic acids is 3. The van der Waals surface area contributed by atoms with Gasteiger partial charge in [-0.05, 0) is 54.6 Å². The molecule has 0 bridgehead atoms. The van der Waals surface area contributed by atoms with Gasteiger partial charge in [-0.3, -0.25) is 14.4 Å². The van der Waals surface area contributed by atoms with Crippen molar-refractivity contribution in [2.75, 3.05) is 19.8 Å². The van der Waals surface area contributed by atoms with Gasteiger partial charge in [0, 0.05) is 44.2 Å². The predicted octanol–water partition coefficient (Wildman–Crippen LogP) is 5.80. The van der Waals surface area contributed by atoms with Crippen LogP contribution in [0.4, 0.5) is 13.6 Å². The van der Waals surface area contributed by atoms with Gasteiger partial charge in [0.1, 0.15) is 30.3 Å². The Morgan fingerprint density at radius 1 is 1.00 bits per heavy atom. The number of hydrogen-bond donors (Lipinski definition) is 4. The molecular weight excluding hydrogens is 679 g/mol. The summed E-state index contributed by atoms with van der Waals surface area (Å²) in [5, 5.41) is 24.5. The lowest BCUT2D eigenvalue weighted by Crippen LogP contribution is -2.53. The van der Waals surface area contributed by atoms with Gasteiger partial charge in [-0.15, -0.1) is 0 Å². The number of ether oxygens (including phenoxy) is 1. The minimum Gasteiger partial charge on any atom is -0.480 e. The van der Waals surface area contributed by atoms with Crippen LogP contribution in [0, 0.1) is 17.0 Å². The number of alkyl carbamates (subject to hydrolysis) is 1. The Kier molecular flexibility index (Phi) is 14.1. The molecule has 0 aliphatic carbocycles. The van der Waals surface area contributed by atoms with Crippen molar-refractivity contribution in [1.29, 1.82) is 0 Å². The zero-order valence-corrected chi connectivity index (χ0v) is 31.3. The molecule has 0 aliphatic rings. The maximum Gasteiger partial charge on any atom is 0.407 e. The van der Waals surface area contributed by atoms with Crippen molar-refractivity contribution < 1.29 is 42.9 Å². The van der Waals surface area contributed by atoms with Crippen LogP contribution in [0.3, 0.4) is 0 Å². The van der Waals surface area contributed by atoms with Gasteiger partial charge in [0.2, 0.25) is 11.8 Å². The second-order valence-electron chi connectivity index (χ2n) is 14.9. The van der Waals surface area contributed by atoms with E-state index in [-0.39, 0.29) is 25.1 Å². The van der Waals surface area contributed by atoms with Crippen molar-refractivity contribution in [1.82, 2.24) is 20.1 Å². The van der Waals surface area contributed by atoms with E-state index in [1.54, 1.807) is 12.3 Å². The number of benzene rings is 2. The molecule has 51 heavy (non-hydrogen) atoms. The number of nitrogens with zero attached hydrogens (tertiary/aromatic N) is 2. The minimum absolute atomic E-state index is 0.0249. The molecule has 0 saturated heterocycles. The summed E-state index contributed by atoms with van der Waals surface area (Å²) in [6.45, 7) is 12.7. The molecule has 278 valence electrons. The zero-order chi connectivity index (χ0) is 38.1. The van der Waals surface area contributed by atoms with Gasteiger partial charge in [-0.1, -0.05) is 70.7 Å². The third-order valence-electron chi connectivity index (χ3n) is 8.31. The van der Waals surface area contributed by atoms with Gasteiger partial charge in [0.25, 0.3) is 0 Å². The number of aliphatic carboxylic acids is 1. The molecule has 2 aromatic carbocycles. The normalized spacial score (nSPS) is 13.5. The summed E-state index contributed by atoms with van der Waals surface area (Å²) in [5.41, 5.74) is 1.11. The largest absolute Gasteiger partial charge is 0.480 e. The molecule has 0 fully saturated rings. The lowest BCUT2D eigenvalue weighted by Gasteiger charge is -2.41. The second-order valence-corrected chi connectivity index (χ2v) is 20.5. The van der Waals surface area contributed by atoms with Crippen LogP contribution in [0.1, 0.15) is 51.4 Å². The molecule has 0 aliphatic heterocycles. The number of carboxylic acid groups (broad SMARTS) is 1. The van der Waals surface area contributed by atoms with Crippen molar-refractivity contribution in [3.63, 3.8) is 0 Å². The van der Waals surface area contributed by atoms with E-state index in [4.69, 9.17) is 4.74 Å². The Labute approximate surface area is 299 Å². The van der Waals surface area contributed by atoms with E-state index in [2.05, 4.69) is 30.3 Å². The SMILES string of the molecule is C[C@@H](NC(=O)[C@H](CCN(C(=O)CO)[C@@H](c1cc(-c2cc(F)ccc2F)cn1Cc1ccccc1)C(C)(C)C)NC(=O)OCC[Si](C)(C)C)C(=O)O. The van der Waals surface area contributed by atoms with E-state index in [9.17, 15) is 33.8 Å². The molecule has 4 N–H and O–H groups in total. The molecule has 3 amide bonds. The first kappa shape index (κ1) is 40.9. The highest BCUT2D eigenvalue weighted by atomic mass is 28.3. The third kappa shape index (κ3) is 12.0. The topological polar surface area (TPSA) is 150 Å². The Bertz CT molecular complexity index is 1670. The summed E-state index contributed by atoms with van der Waals surface area (Å²) in [6.07, 6.45) is 0.634. The highest BCUT2D eigenvalue weighted by Gasteiger charge is 2.38. The van der Waals surface area contributed by atoms with Crippen LogP contribution >= 0.6 is 0 Å². The van der Waals surface area contributed by atoms with Crippen molar-refractivity contribution in [2.24, 2.45) is 5.41 Å². The summed E-state index contributed by atoms with van der Waals surface area (Å²) < 4.78 is 36.6. The molecule has 3 rings (SSSR count). The van der Waals surface area contributed by atoms with E-state index in [0.717, 1.165) is 23.8 Å². The van der Waals surface area contributed by atoms with Crippen LogP contribution in [-0.2, 0) is 25.7 Å². The van der Waals surface area contributed by atoms with E-state index in [1.165, 1.54) is 11.8 Å². The molecule has 0 saturated carbocycles. The summed E-state index contributed by atoms with van der Waals surface area (Å²) in [5.74, 6) is -4.03.